The second-order valence-corrected chi connectivity index (χ2v) is 2.48. The lowest BCUT2D eigenvalue weighted by Gasteiger charge is -2.15. The van der Waals surface area contributed by atoms with Crippen LogP contribution in [0.25, 0.3) is 0 Å². The molecule has 0 radical (unpaired) electrons. The van der Waals surface area contributed by atoms with Gasteiger partial charge in [-0.2, -0.15) is 13.2 Å². The Morgan fingerprint density at radius 1 is 1.54 bits per heavy atom. The Labute approximate surface area is 74.3 Å². The predicted molar refractivity (Wildman–Crippen MR) is 40.2 cm³/mol. The minimum absolute atomic E-state index is 0.267. The number of ether oxygens (including phenoxy) is 1. The zero-order valence-electron chi connectivity index (χ0n) is 7.44. The molecule has 0 aromatic rings. The van der Waals surface area contributed by atoms with Crippen LogP contribution in [0.1, 0.15) is 13.3 Å². The molecule has 1 N–H and O–H groups in total. The van der Waals surface area contributed by atoms with Gasteiger partial charge < -0.3 is 4.74 Å². The summed E-state index contributed by atoms with van der Waals surface area (Å²) in [4.78, 5) is 10.8. The number of esters is 1. The first-order chi connectivity index (χ1) is 5.90. The van der Waals surface area contributed by atoms with E-state index in [9.17, 15) is 18.0 Å². The quantitative estimate of drug-likeness (QED) is 0.689. The molecule has 0 aliphatic rings. The maximum absolute atomic E-state index is 11.7. The van der Waals surface area contributed by atoms with Gasteiger partial charge in [0, 0.05) is 0 Å². The molecule has 1 atom stereocenters. The molecule has 78 valence electrons. The van der Waals surface area contributed by atoms with Crippen LogP contribution in [-0.4, -0.2) is 31.8 Å². The molecule has 13 heavy (non-hydrogen) atoms. The summed E-state index contributed by atoms with van der Waals surface area (Å²) in [6.07, 6.45) is -4.04. The standard InChI is InChI=1S/C7H12F3NO2/c1-3-5(6(12)13-2)11-4-7(8,9)10/h5,11H,3-4H2,1-2H3. The Hall–Kier alpha value is -0.780. The van der Waals surface area contributed by atoms with Gasteiger partial charge in [-0.25, -0.2) is 0 Å². The molecule has 0 saturated heterocycles. The summed E-state index contributed by atoms with van der Waals surface area (Å²) in [6.45, 7) is 0.422. The van der Waals surface area contributed by atoms with E-state index in [2.05, 4.69) is 10.1 Å². The Morgan fingerprint density at radius 3 is 2.38 bits per heavy atom. The van der Waals surface area contributed by atoms with Crippen LogP contribution < -0.4 is 5.32 Å². The molecule has 0 saturated carbocycles. The number of rotatable bonds is 4. The fourth-order valence-electron chi connectivity index (χ4n) is 0.776. The van der Waals surface area contributed by atoms with E-state index in [-0.39, 0.29) is 6.42 Å². The van der Waals surface area contributed by atoms with Crippen LogP contribution in [0.2, 0.25) is 0 Å². The van der Waals surface area contributed by atoms with Gasteiger partial charge in [-0.05, 0) is 6.42 Å². The van der Waals surface area contributed by atoms with E-state index in [4.69, 9.17) is 0 Å². The summed E-state index contributed by atoms with van der Waals surface area (Å²) >= 11 is 0. The first-order valence-corrected chi connectivity index (χ1v) is 3.78. The second kappa shape index (κ2) is 5.06. The Morgan fingerprint density at radius 2 is 2.08 bits per heavy atom. The van der Waals surface area contributed by atoms with Crippen molar-refractivity contribution in [1.29, 1.82) is 0 Å². The lowest BCUT2D eigenvalue weighted by atomic mass is 10.2. The Balaban J connectivity index is 3.93. The summed E-state index contributed by atoms with van der Waals surface area (Å²) in [5.74, 6) is -0.674. The molecular weight excluding hydrogens is 187 g/mol. The molecule has 0 aliphatic heterocycles. The zero-order valence-corrected chi connectivity index (χ0v) is 7.44. The highest BCUT2D eigenvalue weighted by Gasteiger charge is 2.29. The highest BCUT2D eigenvalue weighted by molar-refractivity contribution is 5.75. The highest BCUT2D eigenvalue weighted by Crippen LogP contribution is 2.13. The highest BCUT2D eigenvalue weighted by atomic mass is 19.4. The van der Waals surface area contributed by atoms with Gasteiger partial charge in [0.25, 0.3) is 0 Å². The number of halogens is 3. The van der Waals surface area contributed by atoms with Crippen LogP contribution in [0.3, 0.4) is 0 Å². The van der Waals surface area contributed by atoms with E-state index < -0.39 is 24.7 Å². The van der Waals surface area contributed by atoms with Crippen LogP contribution in [0.5, 0.6) is 0 Å². The Kier molecular flexibility index (Phi) is 4.76. The average Bonchev–Trinajstić information content (AvgIpc) is 2.03. The van der Waals surface area contributed by atoms with Crippen molar-refractivity contribution in [2.45, 2.75) is 25.6 Å². The third-order valence-electron chi connectivity index (χ3n) is 1.44. The molecule has 1 unspecified atom stereocenters. The van der Waals surface area contributed by atoms with Gasteiger partial charge in [-0.3, -0.25) is 10.1 Å². The van der Waals surface area contributed by atoms with Gasteiger partial charge in [0.15, 0.2) is 0 Å². The van der Waals surface area contributed by atoms with Gasteiger partial charge in [0.1, 0.15) is 6.04 Å². The number of carbonyl (C=O) groups is 1. The summed E-state index contributed by atoms with van der Waals surface area (Å²) in [5, 5.41) is 2.06. The van der Waals surface area contributed by atoms with Gasteiger partial charge in [0.05, 0.1) is 13.7 Å². The maximum atomic E-state index is 11.7. The van der Waals surface area contributed by atoms with E-state index in [0.717, 1.165) is 7.11 Å². The summed E-state index contributed by atoms with van der Waals surface area (Å²) in [5.41, 5.74) is 0. The SMILES string of the molecule is CCC(NCC(F)(F)F)C(=O)OC. The largest absolute Gasteiger partial charge is 0.468 e. The van der Waals surface area contributed by atoms with Gasteiger partial charge in [-0.15, -0.1) is 0 Å². The van der Waals surface area contributed by atoms with Crippen molar-refractivity contribution < 1.29 is 22.7 Å². The molecule has 0 amide bonds. The fraction of sp³-hybridized carbons (Fsp3) is 0.857. The molecule has 0 rings (SSSR count). The predicted octanol–water partition coefficient (Wildman–Crippen LogP) is 1.09. The lowest BCUT2D eigenvalue weighted by Crippen LogP contribution is -2.42. The number of alkyl halides is 3. The lowest BCUT2D eigenvalue weighted by molar-refractivity contribution is -0.146. The van der Waals surface area contributed by atoms with Crippen molar-refractivity contribution in [2.24, 2.45) is 0 Å². The van der Waals surface area contributed by atoms with Crippen LogP contribution >= 0.6 is 0 Å². The normalized spacial score (nSPS) is 13.9. The summed E-state index contributed by atoms with van der Waals surface area (Å²) in [6, 6.07) is -0.883. The molecule has 0 bridgehead atoms. The molecule has 3 nitrogen and oxygen atoms in total. The van der Waals surface area contributed by atoms with E-state index >= 15 is 0 Å². The van der Waals surface area contributed by atoms with Gasteiger partial charge in [0.2, 0.25) is 0 Å². The van der Waals surface area contributed by atoms with Crippen molar-refractivity contribution in [3.63, 3.8) is 0 Å². The molecule has 0 fully saturated rings. The molecule has 0 heterocycles. The first kappa shape index (κ1) is 12.2. The number of hydrogen-bond acceptors (Lipinski definition) is 3. The van der Waals surface area contributed by atoms with Gasteiger partial charge >= 0.3 is 12.1 Å². The molecule has 6 heteroatoms. The molecule has 0 spiro atoms. The fourth-order valence-corrected chi connectivity index (χ4v) is 0.776. The minimum atomic E-state index is -4.30. The van der Waals surface area contributed by atoms with E-state index in [1.807, 2.05) is 0 Å². The van der Waals surface area contributed by atoms with E-state index in [1.165, 1.54) is 0 Å². The molecule has 0 aromatic heterocycles. The van der Waals surface area contributed by atoms with Crippen molar-refractivity contribution in [3.05, 3.63) is 0 Å². The molecular formula is C7H12F3NO2. The topological polar surface area (TPSA) is 38.3 Å². The summed E-state index contributed by atoms with van der Waals surface area (Å²) < 4.78 is 39.4. The summed E-state index contributed by atoms with van der Waals surface area (Å²) in [7, 11) is 1.14. The molecule has 0 aromatic carbocycles. The van der Waals surface area contributed by atoms with Crippen LogP contribution in [-0.2, 0) is 9.53 Å². The number of nitrogens with one attached hydrogen (secondary N) is 1. The van der Waals surface area contributed by atoms with E-state index in [1.54, 1.807) is 6.92 Å². The van der Waals surface area contributed by atoms with Crippen LogP contribution in [0, 0.1) is 0 Å². The number of carbonyl (C=O) groups excluding carboxylic acids is 1. The Bertz CT molecular complexity index is 170. The van der Waals surface area contributed by atoms with Crippen molar-refractivity contribution in [2.75, 3.05) is 13.7 Å². The minimum Gasteiger partial charge on any atom is -0.468 e. The van der Waals surface area contributed by atoms with Crippen molar-refractivity contribution in [1.82, 2.24) is 5.32 Å². The zero-order chi connectivity index (χ0) is 10.5. The third kappa shape index (κ3) is 5.46. The van der Waals surface area contributed by atoms with Gasteiger partial charge in [-0.1, -0.05) is 6.92 Å². The monoisotopic (exact) mass is 199 g/mol. The number of hydrogen-bond donors (Lipinski definition) is 1. The first-order valence-electron chi connectivity index (χ1n) is 3.78. The van der Waals surface area contributed by atoms with Crippen molar-refractivity contribution >= 4 is 5.97 Å². The third-order valence-corrected chi connectivity index (χ3v) is 1.44. The smallest absolute Gasteiger partial charge is 0.401 e. The average molecular weight is 199 g/mol. The molecule has 0 aliphatic carbocycles. The second-order valence-electron chi connectivity index (χ2n) is 2.48. The maximum Gasteiger partial charge on any atom is 0.401 e. The van der Waals surface area contributed by atoms with Crippen LogP contribution in [0.15, 0.2) is 0 Å². The van der Waals surface area contributed by atoms with E-state index in [0.29, 0.717) is 0 Å². The number of methoxy groups -OCH3 is 1. The van der Waals surface area contributed by atoms with Crippen LogP contribution in [0.4, 0.5) is 13.2 Å². The van der Waals surface area contributed by atoms with Crippen molar-refractivity contribution in [3.8, 4) is 0 Å².